The molecule has 2 aromatic carbocycles. The number of aromatic nitrogens is 1. The largest absolute Gasteiger partial charge is 0.416 e. The molecule has 2 aliphatic rings. The first-order valence-corrected chi connectivity index (χ1v) is 14.4. The van der Waals surface area contributed by atoms with Crippen LogP contribution in [0.1, 0.15) is 67.0 Å². The maximum absolute atomic E-state index is 13.9. The average molecular weight is 632 g/mol. The molecule has 0 spiro atoms. The first-order chi connectivity index (χ1) is 20.9. The van der Waals surface area contributed by atoms with E-state index in [9.17, 15) is 40.7 Å². The summed E-state index contributed by atoms with van der Waals surface area (Å²) in [7, 11) is 1.39. The highest BCUT2D eigenvalue weighted by atomic mass is 19.4. The molecule has 12 heteroatoms. The van der Waals surface area contributed by atoms with E-state index < -0.39 is 46.3 Å². The summed E-state index contributed by atoms with van der Waals surface area (Å²) in [6.07, 6.45) is -6.72. The fraction of sp³-hybridized carbons (Fsp3) is 0.394. The highest BCUT2D eigenvalue weighted by Gasteiger charge is 2.47. The number of nitrogens with one attached hydrogen (secondary N) is 1. The van der Waals surface area contributed by atoms with Crippen LogP contribution in [-0.4, -0.2) is 29.8 Å². The minimum Gasteiger partial charge on any atom is -0.313 e. The van der Waals surface area contributed by atoms with Crippen molar-refractivity contribution in [2.75, 3.05) is 11.9 Å². The van der Waals surface area contributed by atoms with Crippen LogP contribution in [0.25, 0.3) is 11.1 Å². The highest BCUT2D eigenvalue weighted by molar-refractivity contribution is 6.03. The third kappa shape index (κ3) is 6.60. The number of likely N-dealkylation sites (N-methyl/N-ethyl adjacent to an activating group) is 1. The molecule has 2 aliphatic carbocycles. The Morgan fingerprint density at radius 3 is 1.98 bits per heavy atom. The summed E-state index contributed by atoms with van der Waals surface area (Å²) in [5.41, 5.74) is -2.34. The average Bonchev–Trinajstić information content (AvgIpc) is 3.89. The van der Waals surface area contributed by atoms with Crippen LogP contribution >= 0.6 is 0 Å². The molecule has 1 heterocycles. The zero-order chi connectivity index (χ0) is 33.1. The second kappa shape index (κ2) is 11.3. The van der Waals surface area contributed by atoms with Gasteiger partial charge in [0, 0.05) is 36.1 Å². The number of aryl methyl sites for hydroxylation is 1. The number of carbonyl (C=O) groups is 3. The molecule has 0 bridgehead atoms. The molecule has 5 rings (SSSR count). The standard InChI is InChI=1S/C33H31F6N3O3/c1-17-7-5-6-8-22(17)24-15-26(23-14-25(23)29(44)41-28(43)18-9-10-18)40-16-27(24)42(4)30(45)31(2,3)19-11-20(32(34,35)36)13-21(12-19)33(37,38)39/h5-8,11-13,15-16,18,23,25H,9-10,14H2,1-4H3,(H,41,43,44). The van der Waals surface area contributed by atoms with Gasteiger partial charge in [0.15, 0.2) is 0 Å². The second-order valence-electron chi connectivity index (χ2n) is 12.3. The van der Waals surface area contributed by atoms with Crippen LogP contribution in [0.2, 0.25) is 0 Å². The maximum Gasteiger partial charge on any atom is 0.416 e. The molecule has 238 valence electrons. The van der Waals surface area contributed by atoms with Crippen LogP contribution in [0, 0.1) is 18.8 Å². The Kier molecular flexibility index (Phi) is 8.08. The summed E-state index contributed by atoms with van der Waals surface area (Å²) in [6.45, 7) is 4.39. The lowest BCUT2D eigenvalue weighted by atomic mass is 9.81. The smallest absolute Gasteiger partial charge is 0.313 e. The third-order valence-corrected chi connectivity index (χ3v) is 8.55. The number of pyridine rings is 1. The van der Waals surface area contributed by atoms with Gasteiger partial charge in [-0.05, 0) is 81.0 Å². The lowest BCUT2D eigenvalue weighted by Gasteiger charge is -2.32. The molecule has 1 N–H and O–H groups in total. The van der Waals surface area contributed by atoms with Crippen LogP contribution < -0.4 is 10.2 Å². The summed E-state index contributed by atoms with van der Waals surface area (Å²) < 4.78 is 81.6. The van der Waals surface area contributed by atoms with Crippen LogP contribution in [0.3, 0.4) is 0 Å². The number of alkyl halides is 6. The van der Waals surface area contributed by atoms with E-state index in [4.69, 9.17) is 0 Å². The van der Waals surface area contributed by atoms with Crippen molar-refractivity contribution in [1.29, 1.82) is 0 Å². The van der Waals surface area contributed by atoms with Crippen LogP contribution in [0.4, 0.5) is 32.0 Å². The predicted octanol–water partition coefficient (Wildman–Crippen LogP) is 7.19. The molecular formula is C33H31F6N3O3. The van der Waals surface area contributed by atoms with Crippen molar-refractivity contribution in [2.24, 2.45) is 11.8 Å². The van der Waals surface area contributed by atoms with E-state index in [1.165, 1.54) is 32.0 Å². The summed E-state index contributed by atoms with van der Waals surface area (Å²) >= 11 is 0. The summed E-state index contributed by atoms with van der Waals surface area (Å²) in [6, 6.07) is 10.2. The van der Waals surface area contributed by atoms with Gasteiger partial charge in [0.2, 0.25) is 17.7 Å². The molecule has 45 heavy (non-hydrogen) atoms. The van der Waals surface area contributed by atoms with E-state index >= 15 is 0 Å². The number of anilines is 1. The van der Waals surface area contributed by atoms with Crippen molar-refractivity contribution in [3.8, 4) is 11.1 Å². The van der Waals surface area contributed by atoms with Gasteiger partial charge in [0.1, 0.15) is 0 Å². The van der Waals surface area contributed by atoms with Gasteiger partial charge in [-0.2, -0.15) is 26.3 Å². The maximum atomic E-state index is 13.9. The fourth-order valence-electron chi connectivity index (χ4n) is 5.47. The lowest BCUT2D eigenvalue weighted by molar-refractivity contribution is -0.143. The number of benzene rings is 2. The van der Waals surface area contributed by atoms with E-state index in [-0.39, 0.29) is 35.4 Å². The Hall–Kier alpha value is -4.22. The number of hydrogen-bond donors (Lipinski definition) is 1. The van der Waals surface area contributed by atoms with E-state index in [0.29, 0.717) is 29.8 Å². The number of nitrogens with zero attached hydrogens (tertiary/aromatic N) is 2. The Bertz CT molecular complexity index is 1640. The van der Waals surface area contributed by atoms with Gasteiger partial charge in [-0.15, -0.1) is 0 Å². The molecule has 0 saturated heterocycles. The lowest BCUT2D eigenvalue weighted by Crippen LogP contribution is -2.42. The highest BCUT2D eigenvalue weighted by Crippen LogP contribution is 2.49. The van der Waals surface area contributed by atoms with Gasteiger partial charge in [-0.25, -0.2) is 0 Å². The van der Waals surface area contributed by atoms with Crippen LogP contribution in [0.15, 0.2) is 54.7 Å². The normalized spacial score (nSPS) is 18.4. The fourth-order valence-corrected chi connectivity index (χ4v) is 5.47. The van der Waals surface area contributed by atoms with Gasteiger partial charge in [-0.3, -0.25) is 24.7 Å². The zero-order valence-electron chi connectivity index (χ0n) is 24.9. The first-order valence-electron chi connectivity index (χ1n) is 14.4. The summed E-state index contributed by atoms with van der Waals surface area (Å²) in [5, 5.41) is 2.46. The number of imide groups is 1. The number of carbonyl (C=O) groups excluding carboxylic acids is 3. The molecule has 2 atom stereocenters. The molecule has 1 aromatic heterocycles. The van der Waals surface area contributed by atoms with Crippen molar-refractivity contribution in [2.45, 2.75) is 63.7 Å². The van der Waals surface area contributed by atoms with Crippen molar-refractivity contribution in [3.63, 3.8) is 0 Å². The molecule has 3 amide bonds. The van der Waals surface area contributed by atoms with Crippen molar-refractivity contribution < 1.29 is 40.7 Å². The van der Waals surface area contributed by atoms with E-state index in [0.717, 1.165) is 24.0 Å². The van der Waals surface area contributed by atoms with E-state index in [1.807, 2.05) is 25.1 Å². The summed E-state index contributed by atoms with van der Waals surface area (Å²) in [4.78, 5) is 44.4. The molecule has 0 aliphatic heterocycles. The molecule has 3 aromatic rings. The van der Waals surface area contributed by atoms with Gasteiger partial charge in [0.25, 0.3) is 0 Å². The molecule has 2 saturated carbocycles. The molecule has 6 nitrogen and oxygen atoms in total. The van der Waals surface area contributed by atoms with Crippen LogP contribution in [-0.2, 0) is 32.2 Å². The van der Waals surface area contributed by atoms with Crippen molar-refractivity contribution in [3.05, 3.63) is 82.7 Å². The van der Waals surface area contributed by atoms with E-state index in [1.54, 1.807) is 12.1 Å². The predicted molar refractivity (Wildman–Crippen MR) is 154 cm³/mol. The number of hydrogen-bond acceptors (Lipinski definition) is 4. The SMILES string of the molecule is Cc1ccccc1-c1cc(C2CC2C(=O)NC(=O)C2CC2)ncc1N(C)C(=O)C(C)(C)c1cc(C(F)(F)F)cc(C(F)(F)F)c1. The van der Waals surface area contributed by atoms with E-state index in [2.05, 4.69) is 10.3 Å². The third-order valence-electron chi connectivity index (χ3n) is 8.55. The van der Waals surface area contributed by atoms with Gasteiger partial charge in [0.05, 0.1) is 28.4 Å². The van der Waals surface area contributed by atoms with Gasteiger partial charge in [-0.1, -0.05) is 24.3 Å². The quantitative estimate of drug-likeness (QED) is 0.221. The number of amides is 3. The van der Waals surface area contributed by atoms with Crippen molar-refractivity contribution >= 4 is 23.4 Å². The topological polar surface area (TPSA) is 79.4 Å². The number of halogens is 6. The summed E-state index contributed by atoms with van der Waals surface area (Å²) in [5.74, 6) is -2.24. The monoisotopic (exact) mass is 631 g/mol. The number of rotatable bonds is 7. The molecular weight excluding hydrogens is 600 g/mol. The first kappa shape index (κ1) is 32.2. The minimum absolute atomic E-state index is 0.0277. The Morgan fingerprint density at radius 2 is 1.42 bits per heavy atom. The van der Waals surface area contributed by atoms with Crippen LogP contribution in [0.5, 0.6) is 0 Å². The molecule has 0 radical (unpaired) electrons. The molecule has 2 fully saturated rings. The van der Waals surface area contributed by atoms with Gasteiger partial charge >= 0.3 is 12.4 Å². The zero-order valence-corrected chi connectivity index (χ0v) is 24.9. The van der Waals surface area contributed by atoms with Crippen molar-refractivity contribution in [1.82, 2.24) is 10.3 Å². The Balaban J connectivity index is 1.50. The van der Waals surface area contributed by atoms with Gasteiger partial charge < -0.3 is 4.90 Å². The minimum atomic E-state index is -5.07. The Labute approximate surface area is 255 Å². The second-order valence-corrected chi connectivity index (χ2v) is 12.3. The molecule has 2 unspecified atom stereocenters. The Morgan fingerprint density at radius 1 is 0.844 bits per heavy atom.